The maximum Gasteiger partial charge on any atom is 0.240 e. The summed E-state index contributed by atoms with van der Waals surface area (Å²) in [4.78, 5) is 0.209. The van der Waals surface area contributed by atoms with Gasteiger partial charge in [-0.15, -0.1) is 0 Å². The monoisotopic (exact) mass is 365 g/mol. The minimum absolute atomic E-state index is 0.181. The zero-order valence-electron chi connectivity index (χ0n) is 13.6. The van der Waals surface area contributed by atoms with E-state index in [1.54, 1.807) is 12.1 Å². The summed E-state index contributed by atoms with van der Waals surface area (Å²) < 4.78 is 27.8. The Morgan fingerprint density at radius 3 is 2.54 bits per heavy atom. The predicted molar refractivity (Wildman–Crippen MR) is 95.2 cm³/mol. The predicted octanol–water partition coefficient (Wildman–Crippen LogP) is 3.50. The third-order valence-corrected chi connectivity index (χ3v) is 6.45. The molecule has 1 aliphatic rings. The molecule has 0 amide bonds. The molecule has 0 bridgehead atoms. The molecule has 0 aliphatic heterocycles. The van der Waals surface area contributed by atoms with Gasteiger partial charge in [0.25, 0.3) is 0 Å². The molecule has 3 rings (SSSR count). The maximum absolute atomic E-state index is 12.5. The number of phenols is 1. The normalized spacial score (nSPS) is 17.5. The summed E-state index contributed by atoms with van der Waals surface area (Å²) in [6.45, 7) is 3.86. The Bertz CT molecular complexity index is 876. The van der Waals surface area contributed by atoms with Crippen molar-refractivity contribution in [3.05, 3.63) is 57.6 Å². The van der Waals surface area contributed by atoms with Crippen molar-refractivity contribution in [1.29, 1.82) is 0 Å². The summed E-state index contributed by atoms with van der Waals surface area (Å²) in [6, 6.07) is 8.00. The molecule has 1 aliphatic carbocycles. The van der Waals surface area contributed by atoms with Gasteiger partial charge in [-0.3, -0.25) is 0 Å². The zero-order valence-corrected chi connectivity index (χ0v) is 15.2. The first-order valence-electron chi connectivity index (χ1n) is 7.87. The Kier molecular flexibility index (Phi) is 4.60. The number of nitrogens with one attached hydrogen (secondary N) is 1. The van der Waals surface area contributed by atoms with Crippen molar-refractivity contribution in [3.63, 3.8) is 0 Å². The summed E-state index contributed by atoms with van der Waals surface area (Å²) in [5.41, 5.74) is 3.88. The van der Waals surface area contributed by atoms with Crippen LogP contribution in [0.1, 0.15) is 28.7 Å². The molecule has 0 spiro atoms. The van der Waals surface area contributed by atoms with E-state index in [-0.39, 0.29) is 10.9 Å². The van der Waals surface area contributed by atoms with Gasteiger partial charge in [-0.25, -0.2) is 13.1 Å². The van der Waals surface area contributed by atoms with Crippen LogP contribution in [0.3, 0.4) is 0 Å². The van der Waals surface area contributed by atoms with Crippen LogP contribution in [0.15, 0.2) is 35.2 Å². The highest BCUT2D eigenvalue weighted by molar-refractivity contribution is 7.89. The molecule has 0 saturated heterocycles. The number of aromatic hydroxyl groups is 1. The Labute approximate surface area is 147 Å². The van der Waals surface area contributed by atoms with Crippen LogP contribution in [-0.4, -0.2) is 19.6 Å². The zero-order chi connectivity index (χ0) is 17.5. The second kappa shape index (κ2) is 6.39. The molecule has 1 atom stereocenters. The Hall–Kier alpha value is -1.56. The van der Waals surface area contributed by atoms with Gasteiger partial charge in [0.2, 0.25) is 10.0 Å². The third kappa shape index (κ3) is 3.29. The first-order chi connectivity index (χ1) is 11.3. The standard InChI is InChI=1S/C18H20ClNO3S/c1-11-9-13-10-15(5-8-17(13)18(21)12(11)2)20-24(22,23)16-6-3-14(19)4-7-16/h3-4,6-7,9,15,20-21H,5,8,10H2,1-2H3. The summed E-state index contributed by atoms with van der Waals surface area (Å²) in [5, 5.41) is 10.8. The van der Waals surface area contributed by atoms with Gasteiger partial charge < -0.3 is 5.11 Å². The number of sulfonamides is 1. The van der Waals surface area contributed by atoms with Crippen LogP contribution in [0.5, 0.6) is 5.75 Å². The van der Waals surface area contributed by atoms with E-state index < -0.39 is 10.0 Å². The van der Waals surface area contributed by atoms with E-state index in [9.17, 15) is 13.5 Å². The number of halogens is 1. The van der Waals surface area contributed by atoms with Crippen molar-refractivity contribution in [2.75, 3.05) is 0 Å². The van der Waals surface area contributed by atoms with Crippen molar-refractivity contribution in [1.82, 2.24) is 4.72 Å². The average Bonchev–Trinajstić information content (AvgIpc) is 2.52. The van der Waals surface area contributed by atoms with Crippen LogP contribution in [0.4, 0.5) is 0 Å². The van der Waals surface area contributed by atoms with Crippen LogP contribution < -0.4 is 4.72 Å². The fraction of sp³-hybridized carbons (Fsp3) is 0.333. The van der Waals surface area contributed by atoms with Gasteiger partial charge in [0.15, 0.2) is 0 Å². The molecule has 0 fully saturated rings. The van der Waals surface area contributed by atoms with E-state index in [2.05, 4.69) is 4.72 Å². The van der Waals surface area contributed by atoms with Gasteiger partial charge in [0, 0.05) is 11.1 Å². The lowest BCUT2D eigenvalue weighted by atomic mass is 9.85. The number of hydrogen-bond acceptors (Lipinski definition) is 3. The van der Waals surface area contributed by atoms with E-state index in [0.717, 1.165) is 22.3 Å². The molecule has 1 unspecified atom stereocenters. The Balaban J connectivity index is 1.82. The minimum Gasteiger partial charge on any atom is -0.507 e. The largest absolute Gasteiger partial charge is 0.507 e. The highest BCUT2D eigenvalue weighted by Crippen LogP contribution is 2.34. The highest BCUT2D eigenvalue weighted by atomic mass is 35.5. The van der Waals surface area contributed by atoms with Crippen LogP contribution in [0, 0.1) is 13.8 Å². The Morgan fingerprint density at radius 1 is 1.21 bits per heavy atom. The van der Waals surface area contributed by atoms with E-state index in [4.69, 9.17) is 11.6 Å². The minimum atomic E-state index is -3.58. The Morgan fingerprint density at radius 2 is 1.88 bits per heavy atom. The summed E-state index contributed by atoms with van der Waals surface area (Å²) >= 11 is 5.81. The van der Waals surface area contributed by atoms with Gasteiger partial charge in [0.1, 0.15) is 5.75 Å². The fourth-order valence-corrected chi connectivity index (χ4v) is 4.57. The molecule has 0 radical (unpaired) electrons. The molecular formula is C18H20ClNO3S. The van der Waals surface area contributed by atoms with Crippen molar-refractivity contribution in [3.8, 4) is 5.75 Å². The maximum atomic E-state index is 12.5. The van der Waals surface area contributed by atoms with E-state index in [1.807, 2.05) is 19.9 Å². The lowest BCUT2D eigenvalue weighted by Gasteiger charge is -2.27. The topological polar surface area (TPSA) is 66.4 Å². The van der Waals surface area contributed by atoms with Gasteiger partial charge >= 0.3 is 0 Å². The third-order valence-electron chi connectivity index (χ3n) is 4.67. The van der Waals surface area contributed by atoms with Crippen LogP contribution in [0.25, 0.3) is 0 Å². The summed E-state index contributed by atoms with van der Waals surface area (Å²) in [5.74, 6) is 0.351. The van der Waals surface area contributed by atoms with Gasteiger partial charge in [-0.2, -0.15) is 0 Å². The molecule has 2 N–H and O–H groups in total. The molecule has 2 aromatic rings. The molecule has 128 valence electrons. The van der Waals surface area contributed by atoms with Gasteiger partial charge in [-0.1, -0.05) is 17.7 Å². The molecule has 24 heavy (non-hydrogen) atoms. The van der Waals surface area contributed by atoms with E-state index in [1.165, 1.54) is 12.1 Å². The lowest BCUT2D eigenvalue weighted by molar-refractivity contribution is 0.446. The smallest absolute Gasteiger partial charge is 0.240 e. The molecule has 4 nitrogen and oxygen atoms in total. The van der Waals surface area contributed by atoms with E-state index >= 15 is 0 Å². The second-order valence-corrected chi connectivity index (χ2v) is 8.47. The molecule has 2 aromatic carbocycles. The first kappa shape index (κ1) is 17.3. The van der Waals surface area contributed by atoms with E-state index in [0.29, 0.717) is 30.0 Å². The molecule has 0 saturated carbocycles. The van der Waals surface area contributed by atoms with Gasteiger partial charge in [-0.05, 0) is 79.6 Å². The molecule has 0 heterocycles. The summed E-state index contributed by atoms with van der Waals surface area (Å²) in [7, 11) is -3.58. The van der Waals surface area contributed by atoms with Crippen LogP contribution >= 0.6 is 11.6 Å². The summed E-state index contributed by atoms with van der Waals surface area (Å²) in [6.07, 6.45) is 1.91. The SMILES string of the molecule is Cc1cc2c(c(O)c1C)CCC(NS(=O)(=O)c1ccc(Cl)cc1)C2. The number of benzene rings is 2. The first-order valence-corrected chi connectivity index (χ1v) is 9.73. The highest BCUT2D eigenvalue weighted by Gasteiger charge is 2.26. The lowest BCUT2D eigenvalue weighted by Crippen LogP contribution is -2.38. The van der Waals surface area contributed by atoms with Crippen LogP contribution in [-0.2, 0) is 22.9 Å². The second-order valence-electron chi connectivity index (χ2n) is 6.32. The molecule has 6 heteroatoms. The molecular weight excluding hydrogens is 346 g/mol. The van der Waals surface area contributed by atoms with Crippen LogP contribution in [0.2, 0.25) is 5.02 Å². The van der Waals surface area contributed by atoms with Crippen molar-refractivity contribution in [2.45, 2.75) is 44.0 Å². The van der Waals surface area contributed by atoms with Crippen molar-refractivity contribution < 1.29 is 13.5 Å². The van der Waals surface area contributed by atoms with Crippen molar-refractivity contribution in [2.24, 2.45) is 0 Å². The number of phenolic OH excluding ortho intramolecular Hbond substituents is 1. The number of aryl methyl sites for hydroxylation is 1. The molecule has 0 aromatic heterocycles. The fourth-order valence-electron chi connectivity index (χ4n) is 3.17. The quantitative estimate of drug-likeness (QED) is 0.874. The average molecular weight is 366 g/mol. The number of rotatable bonds is 3. The number of fused-ring (bicyclic) bond motifs is 1. The number of hydrogen-bond donors (Lipinski definition) is 2. The van der Waals surface area contributed by atoms with Crippen molar-refractivity contribution >= 4 is 21.6 Å². The van der Waals surface area contributed by atoms with Gasteiger partial charge in [0.05, 0.1) is 4.90 Å².